The summed E-state index contributed by atoms with van der Waals surface area (Å²) in [4.78, 5) is 9.22. The number of imidazole rings is 1. The molecule has 0 aliphatic heterocycles. The lowest BCUT2D eigenvalue weighted by Gasteiger charge is -2.11. The molecule has 2 heterocycles. The Labute approximate surface area is 169 Å². The fraction of sp³-hybridized carbons (Fsp3) is 0.500. The molecule has 3 rings (SSSR count). The number of nitrogens with zero attached hydrogens (tertiary/aromatic N) is 4. The summed E-state index contributed by atoms with van der Waals surface area (Å²) in [6, 6.07) is 4.77. The minimum atomic E-state index is -3.78. The third-order valence-electron chi connectivity index (χ3n) is 4.20. The maximum Gasteiger partial charge on any atom is 0.239 e. The zero-order valence-electron chi connectivity index (χ0n) is 16.6. The number of hydrogen-bond donors (Lipinski definition) is 1. The Bertz CT molecular complexity index is 1100. The number of hydrogen-bond acceptors (Lipinski definition) is 7. The summed E-state index contributed by atoms with van der Waals surface area (Å²) in [5.41, 5.74) is 1.27. The van der Waals surface area contributed by atoms with Crippen LogP contribution in [0.2, 0.25) is 0 Å². The molecule has 0 fully saturated rings. The van der Waals surface area contributed by atoms with Gasteiger partial charge in [-0.05, 0) is 31.5 Å². The lowest BCUT2D eigenvalue weighted by Crippen LogP contribution is -2.13. The Morgan fingerprint density at radius 3 is 2.57 bits per heavy atom. The van der Waals surface area contributed by atoms with Crippen molar-refractivity contribution in [3.8, 4) is 0 Å². The number of thioether (sulfide) groups is 1. The van der Waals surface area contributed by atoms with Crippen molar-refractivity contribution in [1.82, 2.24) is 19.7 Å². The van der Waals surface area contributed by atoms with Gasteiger partial charge in [-0.15, -0.1) is 0 Å². The molecule has 0 aliphatic carbocycles. The lowest BCUT2D eigenvalue weighted by molar-refractivity contribution is 0.364. The van der Waals surface area contributed by atoms with Crippen LogP contribution in [-0.2, 0) is 22.0 Å². The first-order valence-electron chi connectivity index (χ1n) is 9.04. The SMILES string of the molecule is CCCn1c(S[C@@H](C)c2nc(C(C)(C)C)no2)nc2cc(S(N)(=O)=O)ccc21. The van der Waals surface area contributed by atoms with Gasteiger partial charge in [0.05, 0.1) is 21.2 Å². The van der Waals surface area contributed by atoms with Crippen LogP contribution in [0.5, 0.6) is 0 Å². The molecule has 1 aromatic carbocycles. The molecule has 8 nitrogen and oxygen atoms in total. The van der Waals surface area contributed by atoms with Crippen molar-refractivity contribution in [2.75, 3.05) is 0 Å². The fourth-order valence-corrected chi connectivity index (χ4v) is 4.22. The number of fused-ring (bicyclic) bond motifs is 1. The monoisotopic (exact) mass is 423 g/mol. The van der Waals surface area contributed by atoms with Crippen LogP contribution in [-0.4, -0.2) is 28.1 Å². The summed E-state index contributed by atoms with van der Waals surface area (Å²) >= 11 is 1.50. The number of aromatic nitrogens is 4. The highest BCUT2D eigenvalue weighted by Crippen LogP contribution is 2.36. The predicted molar refractivity (Wildman–Crippen MR) is 109 cm³/mol. The van der Waals surface area contributed by atoms with E-state index in [0.29, 0.717) is 17.2 Å². The van der Waals surface area contributed by atoms with Crippen molar-refractivity contribution in [2.45, 2.75) is 68.3 Å². The van der Waals surface area contributed by atoms with Crippen LogP contribution in [0, 0.1) is 0 Å². The average molecular weight is 424 g/mol. The second-order valence-corrected chi connectivity index (χ2v) is 10.6. The van der Waals surface area contributed by atoms with E-state index in [0.717, 1.165) is 23.6 Å². The van der Waals surface area contributed by atoms with Crippen molar-refractivity contribution in [2.24, 2.45) is 5.14 Å². The van der Waals surface area contributed by atoms with Crippen LogP contribution in [0.3, 0.4) is 0 Å². The Morgan fingerprint density at radius 2 is 2.00 bits per heavy atom. The van der Waals surface area contributed by atoms with Crippen LogP contribution in [0.15, 0.2) is 32.8 Å². The molecule has 2 N–H and O–H groups in total. The highest BCUT2D eigenvalue weighted by atomic mass is 32.2. The maximum atomic E-state index is 11.7. The molecule has 0 radical (unpaired) electrons. The number of rotatable bonds is 6. The van der Waals surface area contributed by atoms with Crippen LogP contribution in [0.4, 0.5) is 0 Å². The molecule has 0 unspecified atom stereocenters. The minimum Gasteiger partial charge on any atom is -0.338 e. The molecular weight excluding hydrogens is 398 g/mol. The zero-order valence-corrected chi connectivity index (χ0v) is 18.3. The van der Waals surface area contributed by atoms with Gasteiger partial charge in [0.1, 0.15) is 0 Å². The zero-order chi connectivity index (χ0) is 20.7. The van der Waals surface area contributed by atoms with Crippen LogP contribution >= 0.6 is 11.8 Å². The highest BCUT2D eigenvalue weighted by molar-refractivity contribution is 7.99. The van der Waals surface area contributed by atoms with Crippen molar-refractivity contribution in [3.63, 3.8) is 0 Å². The molecule has 0 saturated carbocycles. The van der Waals surface area contributed by atoms with Gasteiger partial charge in [0, 0.05) is 12.0 Å². The van der Waals surface area contributed by atoms with E-state index in [9.17, 15) is 8.42 Å². The predicted octanol–water partition coefficient (Wildman–Crippen LogP) is 3.63. The van der Waals surface area contributed by atoms with E-state index in [1.165, 1.54) is 23.9 Å². The first kappa shape index (κ1) is 20.8. The second kappa shape index (κ2) is 7.49. The Morgan fingerprint density at radius 1 is 1.29 bits per heavy atom. The van der Waals surface area contributed by atoms with Gasteiger partial charge in [-0.2, -0.15) is 4.98 Å². The van der Waals surface area contributed by atoms with Crippen molar-refractivity contribution >= 4 is 32.8 Å². The van der Waals surface area contributed by atoms with Gasteiger partial charge < -0.3 is 9.09 Å². The number of aryl methyl sites for hydroxylation is 1. The Balaban J connectivity index is 1.97. The van der Waals surface area contributed by atoms with Gasteiger partial charge in [0.15, 0.2) is 11.0 Å². The van der Waals surface area contributed by atoms with E-state index >= 15 is 0 Å². The molecule has 28 heavy (non-hydrogen) atoms. The largest absolute Gasteiger partial charge is 0.338 e. The van der Waals surface area contributed by atoms with Crippen molar-refractivity contribution in [3.05, 3.63) is 29.9 Å². The van der Waals surface area contributed by atoms with Gasteiger partial charge in [-0.25, -0.2) is 18.5 Å². The normalized spacial score (nSPS) is 13.9. The summed E-state index contributed by atoms with van der Waals surface area (Å²) in [7, 11) is -3.78. The number of benzene rings is 1. The minimum absolute atomic E-state index is 0.0532. The molecule has 1 atom stereocenters. The summed E-state index contributed by atoms with van der Waals surface area (Å²) in [5, 5.41) is 10.0. The standard InChI is InChI=1S/C18H25N5O3S2/c1-6-9-23-14-8-7-12(28(19,24)25)10-13(14)20-17(23)27-11(2)15-21-16(22-26-15)18(3,4)5/h7-8,10-11H,6,9H2,1-5H3,(H2,19,24,25)/t11-/m0/s1. The third kappa shape index (κ3) is 4.23. The summed E-state index contributed by atoms with van der Waals surface area (Å²) in [6.45, 7) is 10.9. The van der Waals surface area contributed by atoms with Gasteiger partial charge in [0.25, 0.3) is 0 Å². The van der Waals surface area contributed by atoms with Crippen LogP contribution in [0.25, 0.3) is 11.0 Å². The van der Waals surface area contributed by atoms with Gasteiger partial charge in [-0.1, -0.05) is 44.6 Å². The average Bonchev–Trinajstić information content (AvgIpc) is 3.19. The van der Waals surface area contributed by atoms with E-state index in [2.05, 4.69) is 26.6 Å². The molecule has 0 aliphatic rings. The maximum absolute atomic E-state index is 11.7. The lowest BCUT2D eigenvalue weighted by atomic mass is 9.96. The van der Waals surface area contributed by atoms with Crippen LogP contribution in [0.1, 0.15) is 58.0 Å². The third-order valence-corrected chi connectivity index (χ3v) is 6.19. The first-order chi connectivity index (χ1) is 13.0. The number of nitrogens with two attached hydrogens (primary N) is 1. The van der Waals surface area contributed by atoms with E-state index in [-0.39, 0.29) is 15.6 Å². The molecule has 2 aromatic heterocycles. The van der Waals surface area contributed by atoms with Crippen LogP contribution < -0.4 is 5.14 Å². The summed E-state index contributed by atoms with van der Waals surface area (Å²) in [5.74, 6) is 1.20. The smallest absolute Gasteiger partial charge is 0.239 e. The molecule has 10 heteroatoms. The molecule has 3 aromatic rings. The Kier molecular flexibility index (Phi) is 5.57. The van der Waals surface area contributed by atoms with Crippen molar-refractivity contribution < 1.29 is 12.9 Å². The molecule has 0 amide bonds. The summed E-state index contributed by atoms with van der Waals surface area (Å²) in [6.07, 6.45) is 0.916. The van der Waals surface area contributed by atoms with Gasteiger partial charge in [0.2, 0.25) is 15.9 Å². The number of primary sulfonamides is 1. The topological polar surface area (TPSA) is 117 Å². The molecule has 0 spiro atoms. The molecule has 0 bridgehead atoms. The molecule has 152 valence electrons. The van der Waals surface area contributed by atoms with E-state index in [1.54, 1.807) is 6.07 Å². The highest BCUT2D eigenvalue weighted by Gasteiger charge is 2.25. The van der Waals surface area contributed by atoms with E-state index < -0.39 is 10.0 Å². The molecule has 0 saturated heterocycles. The molecular formula is C18H25N5O3S2. The fourth-order valence-electron chi connectivity index (χ4n) is 2.71. The quantitative estimate of drug-likeness (QED) is 0.602. The van der Waals surface area contributed by atoms with Gasteiger partial charge >= 0.3 is 0 Å². The van der Waals surface area contributed by atoms with E-state index in [4.69, 9.17) is 9.66 Å². The second-order valence-electron chi connectivity index (χ2n) is 7.71. The first-order valence-corrected chi connectivity index (χ1v) is 11.5. The Hall–Kier alpha value is -1.91. The number of sulfonamides is 1. The summed E-state index contributed by atoms with van der Waals surface area (Å²) < 4.78 is 30.8. The van der Waals surface area contributed by atoms with Crippen molar-refractivity contribution in [1.29, 1.82) is 0 Å². The van der Waals surface area contributed by atoms with E-state index in [1.807, 2.05) is 27.7 Å². The van der Waals surface area contributed by atoms with Gasteiger partial charge in [-0.3, -0.25) is 0 Å².